The fourth-order valence-corrected chi connectivity index (χ4v) is 6.48. The summed E-state index contributed by atoms with van der Waals surface area (Å²) in [4.78, 5) is 27.3. The Kier molecular flexibility index (Phi) is 7.14. The number of benzene rings is 2. The molecule has 2 heterocycles. The highest BCUT2D eigenvalue weighted by atomic mass is 35.5. The number of piperazine rings is 1. The molecule has 172 valence electrons. The van der Waals surface area contributed by atoms with Crippen LogP contribution in [-0.4, -0.2) is 55.6 Å². The van der Waals surface area contributed by atoms with E-state index in [4.69, 9.17) is 11.6 Å². The average molecular weight is 504 g/mol. The predicted molar refractivity (Wildman–Crippen MR) is 128 cm³/mol. The topological polar surface area (TPSA) is 86.8 Å². The molecule has 1 aliphatic heterocycles. The normalized spacial score (nSPS) is 14.8. The summed E-state index contributed by atoms with van der Waals surface area (Å²) in [6.45, 7) is 1.37. The zero-order chi connectivity index (χ0) is 23.4. The minimum absolute atomic E-state index is 0.0949. The molecule has 0 aliphatic carbocycles. The van der Waals surface area contributed by atoms with E-state index >= 15 is 0 Å². The first kappa shape index (κ1) is 23.4. The van der Waals surface area contributed by atoms with E-state index in [1.165, 1.54) is 4.31 Å². The molecule has 0 spiro atoms. The van der Waals surface area contributed by atoms with Crippen molar-refractivity contribution in [3.63, 3.8) is 0 Å². The van der Waals surface area contributed by atoms with E-state index in [1.807, 2.05) is 6.07 Å². The van der Waals surface area contributed by atoms with Crippen molar-refractivity contribution >= 4 is 44.8 Å². The predicted octanol–water partition coefficient (Wildman–Crippen LogP) is 3.48. The first-order valence-corrected chi connectivity index (χ1v) is 12.9. The second-order valence-electron chi connectivity index (χ2n) is 7.47. The van der Waals surface area contributed by atoms with Crippen LogP contribution >= 0.6 is 22.9 Å². The summed E-state index contributed by atoms with van der Waals surface area (Å²) in [5, 5.41) is 3.33. The zero-order valence-electron chi connectivity index (χ0n) is 17.6. The SMILES string of the molecule is O=C(NCc1ccc(S(=O)(=O)N2CCN(C(=O)c3ccccc3)CC2)s1)c1ccc(Cl)cc1. The van der Waals surface area contributed by atoms with Gasteiger partial charge in [0.2, 0.25) is 0 Å². The highest BCUT2D eigenvalue weighted by Gasteiger charge is 2.31. The van der Waals surface area contributed by atoms with Gasteiger partial charge in [-0.2, -0.15) is 4.31 Å². The summed E-state index contributed by atoms with van der Waals surface area (Å²) in [5.41, 5.74) is 1.07. The molecule has 1 aliphatic rings. The molecule has 1 fully saturated rings. The van der Waals surface area contributed by atoms with Gasteiger partial charge in [0.05, 0.1) is 6.54 Å². The summed E-state index contributed by atoms with van der Waals surface area (Å²) in [6.07, 6.45) is 0. The molecule has 0 radical (unpaired) electrons. The van der Waals surface area contributed by atoms with E-state index in [9.17, 15) is 18.0 Å². The van der Waals surface area contributed by atoms with Crippen LogP contribution in [0.25, 0.3) is 0 Å². The van der Waals surface area contributed by atoms with Gasteiger partial charge in [-0.05, 0) is 48.5 Å². The van der Waals surface area contributed by atoms with Gasteiger partial charge in [-0.3, -0.25) is 9.59 Å². The summed E-state index contributed by atoms with van der Waals surface area (Å²) in [6, 6.07) is 18.8. The smallest absolute Gasteiger partial charge is 0.253 e. The lowest BCUT2D eigenvalue weighted by Gasteiger charge is -2.33. The van der Waals surface area contributed by atoms with Crippen LogP contribution in [-0.2, 0) is 16.6 Å². The van der Waals surface area contributed by atoms with Crippen molar-refractivity contribution in [1.82, 2.24) is 14.5 Å². The Balaban J connectivity index is 1.34. The highest BCUT2D eigenvalue weighted by molar-refractivity contribution is 7.91. The summed E-state index contributed by atoms with van der Waals surface area (Å²) >= 11 is 6.97. The van der Waals surface area contributed by atoms with Crippen molar-refractivity contribution in [2.75, 3.05) is 26.2 Å². The van der Waals surface area contributed by atoms with E-state index in [0.717, 1.165) is 16.2 Å². The maximum atomic E-state index is 13.1. The molecular formula is C23H22ClN3O4S2. The first-order chi connectivity index (χ1) is 15.8. The van der Waals surface area contributed by atoms with Gasteiger partial charge >= 0.3 is 0 Å². The van der Waals surface area contributed by atoms with Gasteiger partial charge in [-0.15, -0.1) is 11.3 Å². The van der Waals surface area contributed by atoms with Crippen LogP contribution in [0.3, 0.4) is 0 Å². The van der Waals surface area contributed by atoms with E-state index in [2.05, 4.69) is 5.32 Å². The molecule has 2 aromatic carbocycles. The molecule has 1 N–H and O–H groups in total. The van der Waals surface area contributed by atoms with E-state index in [1.54, 1.807) is 65.6 Å². The summed E-state index contributed by atoms with van der Waals surface area (Å²) in [5.74, 6) is -0.355. The molecule has 1 aromatic heterocycles. The molecular weight excluding hydrogens is 482 g/mol. The largest absolute Gasteiger partial charge is 0.347 e. The number of halogens is 1. The number of hydrogen-bond acceptors (Lipinski definition) is 5. The molecule has 10 heteroatoms. The van der Waals surface area contributed by atoms with Crippen LogP contribution in [0.2, 0.25) is 5.02 Å². The van der Waals surface area contributed by atoms with Crippen LogP contribution in [0.1, 0.15) is 25.6 Å². The number of nitrogens with one attached hydrogen (secondary N) is 1. The molecule has 0 unspecified atom stereocenters. The van der Waals surface area contributed by atoms with Crippen molar-refractivity contribution in [3.8, 4) is 0 Å². The third-order valence-electron chi connectivity index (χ3n) is 5.31. The van der Waals surface area contributed by atoms with Gasteiger partial charge in [0.1, 0.15) is 4.21 Å². The number of thiophene rings is 1. The minimum Gasteiger partial charge on any atom is -0.347 e. The molecule has 4 rings (SSSR count). The Morgan fingerprint density at radius 2 is 1.55 bits per heavy atom. The highest BCUT2D eigenvalue weighted by Crippen LogP contribution is 2.26. The van der Waals surface area contributed by atoms with Crippen molar-refractivity contribution < 1.29 is 18.0 Å². The van der Waals surface area contributed by atoms with Gasteiger partial charge in [0, 0.05) is 47.2 Å². The molecule has 3 aromatic rings. The van der Waals surface area contributed by atoms with Gasteiger partial charge in [0.15, 0.2) is 0 Å². The molecule has 0 atom stereocenters. The molecule has 0 bridgehead atoms. The van der Waals surface area contributed by atoms with Crippen LogP contribution in [0.4, 0.5) is 0 Å². The summed E-state index contributed by atoms with van der Waals surface area (Å²) in [7, 11) is -3.66. The van der Waals surface area contributed by atoms with Crippen LogP contribution in [0.15, 0.2) is 70.9 Å². The monoisotopic (exact) mass is 503 g/mol. The lowest BCUT2D eigenvalue weighted by molar-refractivity contribution is 0.0698. The quantitative estimate of drug-likeness (QED) is 0.558. The summed E-state index contributed by atoms with van der Waals surface area (Å²) < 4.78 is 27.8. The number of sulfonamides is 1. The molecule has 33 heavy (non-hydrogen) atoms. The Morgan fingerprint density at radius 1 is 0.879 bits per heavy atom. The van der Waals surface area contributed by atoms with Crippen LogP contribution in [0, 0.1) is 0 Å². The molecule has 0 saturated carbocycles. The number of rotatable bonds is 6. The van der Waals surface area contributed by atoms with Crippen molar-refractivity contribution in [2.45, 2.75) is 10.8 Å². The van der Waals surface area contributed by atoms with Crippen molar-refractivity contribution in [1.29, 1.82) is 0 Å². The van der Waals surface area contributed by atoms with E-state index in [0.29, 0.717) is 29.2 Å². The molecule has 1 saturated heterocycles. The Morgan fingerprint density at radius 3 is 2.21 bits per heavy atom. The van der Waals surface area contributed by atoms with Crippen LogP contribution < -0.4 is 5.32 Å². The van der Waals surface area contributed by atoms with E-state index < -0.39 is 10.0 Å². The zero-order valence-corrected chi connectivity index (χ0v) is 20.0. The van der Waals surface area contributed by atoms with Gasteiger partial charge < -0.3 is 10.2 Å². The maximum Gasteiger partial charge on any atom is 0.253 e. The fraction of sp³-hybridized carbons (Fsp3) is 0.217. The Labute approximate surface area is 201 Å². The number of carbonyl (C=O) groups is 2. The molecule has 7 nitrogen and oxygen atoms in total. The number of hydrogen-bond donors (Lipinski definition) is 1. The number of carbonyl (C=O) groups excluding carboxylic acids is 2. The number of nitrogens with zero attached hydrogens (tertiary/aromatic N) is 2. The van der Waals surface area contributed by atoms with Gasteiger partial charge in [-0.1, -0.05) is 29.8 Å². The number of amides is 2. The second-order valence-corrected chi connectivity index (χ2v) is 11.2. The fourth-order valence-electron chi connectivity index (χ4n) is 3.48. The van der Waals surface area contributed by atoms with Gasteiger partial charge in [0.25, 0.3) is 21.8 Å². The minimum atomic E-state index is -3.66. The van der Waals surface area contributed by atoms with Gasteiger partial charge in [-0.25, -0.2) is 8.42 Å². The third kappa shape index (κ3) is 5.44. The van der Waals surface area contributed by atoms with E-state index in [-0.39, 0.29) is 35.7 Å². The third-order valence-corrected chi connectivity index (χ3v) is 9.01. The van der Waals surface area contributed by atoms with Crippen molar-refractivity contribution in [3.05, 3.63) is 87.8 Å². The molecule has 2 amide bonds. The first-order valence-electron chi connectivity index (χ1n) is 10.3. The van der Waals surface area contributed by atoms with Crippen LogP contribution in [0.5, 0.6) is 0 Å². The average Bonchev–Trinajstić information content (AvgIpc) is 3.33. The second kappa shape index (κ2) is 10.0. The standard InChI is InChI=1S/C23H22ClN3O4S2/c24-19-8-6-17(7-9-19)22(28)25-16-20-10-11-21(32-20)33(30,31)27-14-12-26(13-15-27)23(29)18-4-2-1-3-5-18/h1-11H,12-16H2,(H,25,28). The lowest BCUT2D eigenvalue weighted by Crippen LogP contribution is -2.50. The lowest BCUT2D eigenvalue weighted by atomic mass is 10.2. The maximum absolute atomic E-state index is 13.1. The Hall–Kier alpha value is -2.72. The van der Waals surface area contributed by atoms with Crippen molar-refractivity contribution in [2.24, 2.45) is 0 Å². The Bertz CT molecular complexity index is 1240.